The van der Waals surface area contributed by atoms with Crippen molar-refractivity contribution < 1.29 is 9.53 Å². The van der Waals surface area contributed by atoms with Crippen LogP contribution in [0.4, 0.5) is 5.69 Å². The lowest BCUT2D eigenvalue weighted by atomic mass is 9.95. The second-order valence-corrected chi connectivity index (χ2v) is 6.99. The monoisotopic (exact) mass is 365 g/mol. The van der Waals surface area contributed by atoms with Gasteiger partial charge in [-0.05, 0) is 76.2 Å². The first-order chi connectivity index (χ1) is 13.1. The summed E-state index contributed by atoms with van der Waals surface area (Å²) in [7, 11) is 0. The van der Waals surface area contributed by atoms with Gasteiger partial charge in [-0.2, -0.15) is 0 Å². The molecule has 1 amide bonds. The summed E-state index contributed by atoms with van der Waals surface area (Å²) in [5, 5.41) is 3.03. The van der Waals surface area contributed by atoms with E-state index in [-0.39, 0.29) is 11.8 Å². The van der Waals surface area contributed by atoms with Crippen LogP contribution in [0.1, 0.15) is 26.7 Å². The Balaban J connectivity index is 1.48. The predicted molar refractivity (Wildman–Crippen MR) is 108 cm³/mol. The second kappa shape index (κ2) is 9.33. The molecule has 1 aromatic heterocycles. The van der Waals surface area contributed by atoms with Gasteiger partial charge in [-0.15, -0.1) is 0 Å². The van der Waals surface area contributed by atoms with Gasteiger partial charge in [-0.25, -0.2) is 0 Å². The fourth-order valence-electron chi connectivity index (χ4n) is 3.19. The standard InChI is InChI=1S/C22H27N3O2/c1-3-17(2)16-25-13-10-18(11-14-25)22(26)24-19-6-8-20(9-7-19)27-21-5-4-12-23-15-21/h3-9,12,15,18H,10-11,13-14,16H2,1-2H3,(H,24,26)/b17-3+. The van der Waals surface area contributed by atoms with Crippen LogP contribution in [0, 0.1) is 5.92 Å². The van der Waals surface area contributed by atoms with Crippen LogP contribution in [0.3, 0.4) is 0 Å². The zero-order valence-electron chi connectivity index (χ0n) is 16.0. The number of amides is 1. The Morgan fingerprint density at radius 1 is 1.22 bits per heavy atom. The Kier molecular flexibility index (Phi) is 6.60. The van der Waals surface area contributed by atoms with E-state index in [1.165, 1.54) is 5.57 Å². The Labute approximate surface area is 161 Å². The Morgan fingerprint density at radius 3 is 2.59 bits per heavy atom. The molecule has 142 valence electrons. The SMILES string of the molecule is C/C=C(\C)CN1CCC(C(=O)Nc2ccc(Oc3cccnc3)cc2)CC1. The fourth-order valence-corrected chi connectivity index (χ4v) is 3.19. The number of carbonyl (C=O) groups excluding carboxylic acids is 1. The van der Waals surface area contributed by atoms with Crippen molar-refractivity contribution in [2.45, 2.75) is 26.7 Å². The minimum atomic E-state index is 0.0819. The molecule has 2 heterocycles. The molecule has 0 radical (unpaired) electrons. The largest absolute Gasteiger partial charge is 0.456 e. The van der Waals surface area contributed by atoms with Crippen LogP contribution in [0.5, 0.6) is 11.5 Å². The molecule has 0 bridgehead atoms. The zero-order valence-corrected chi connectivity index (χ0v) is 16.0. The smallest absolute Gasteiger partial charge is 0.227 e. The third kappa shape index (κ3) is 5.66. The summed E-state index contributed by atoms with van der Waals surface area (Å²) >= 11 is 0. The Hall–Kier alpha value is -2.66. The van der Waals surface area contributed by atoms with Crippen LogP contribution in [0.2, 0.25) is 0 Å². The molecule has 5 heteroatoms. The quantitative estimate of drug-likeness (QED) is 0.766. The summed E-state index contributed by atoms with van der Waals surface area (Å²) in [5.41, 5.74) is 2.18. The molecule has 1 aromatic carbocycles. The molecule has 5 nitrogen and oxygen atoms in total. The van der Waals surface area contributed by atoms with E-state index in [0.717, 1.165) is 38.2 Å². The van der Waals surface area contributed by atoms with Crippen LogP contribution in [0.25, 0.3) is 0 Å². The third-order valence-electron chi connectivity index (χ3n) is 4.92. The fraction of sp³-hybridized carbons (Fsp3) is 0.364. The van der Waals surface area contributed by atoms with Crippen LogP contribution in [0.15, 0.2) is 60.4 Å². The van der Waals surface area contributed by atoms with Gasteiger partial charge in [0.1, 0.15) is 11.5 Å². The van der Waals surface area contributed by atoms with Crippen molar-refractivity contribution in [3.8, 4) is 11.5 Å². The Morgan fingerprint density at radius 2 is 1.96 bits per heavy atom. The average molecular weight is 365 g/mol. The maximum absolute atomic E-state index is 12.5. The lowest BCUT2D eigenvalue weighted by Gasteiger charge is -2.31. The van der Waals surface area contributed by atoms with Crippen molar-refractivity contribution in [3.05, 3.63) is 60.4 Å². The first-order valence-electron chi connectivity index (χ1n) is 9.47. The van der Waals surface area contributed by atoms with E-state index in [9.17, 15) is 4.79 Å². The third-order valence-corrected chi connectivity index (χ3v) is 4.92. The molecule has 0 saturated carbocycles. The number of hydrogen-bond acceptors (Lipinski definition) is 4. The molecular weight excluding hydrogens is 338 g/mol. The summed E-state index contributed by atoms with van der Waals surface area (Å²) < 4.78 is 5.72. The molecule has 0 spiro atoms. The van der Waals surface area contributed by atoms with Crippen LogP contribution in [-0.2, 0) is 4.79 Å². The van der Waals surface area contributed by atoms with Gasteiger partial charge in [0.05, 0.1) is 6.20 Å². The minimum Gasteiger partial charge on any atom is -0.456 e. The molecule has 1 aliphatic rings. The first kappa shape index (κ1) is 19.1. The molecule has 1 N–H and O–H groups in total. The van der Waals surface area contributed by atoms with Crippen molar-refractivity contribution in [3.63, 3.8) is 0 Å². The highest BCUT2D eigenvalue weighted by atomic mass is 16.5. The number of nitrogens with zero attached hydrogens (tertiary/aromatic N) is 2. The number of nitrogens with one attached hydrogen (secondary N) is 1. The van der Waals surface area contributed by atoms with E-state index in [1.807, 2.05) is 36.4 Å². The van der Waals surface area contributed by atoms with E-state index >= 15 is 0 Å². The minimum absolute atomic E-state index is 0.0819. The molecule has 3 rings (SSSR count). The predicted octanol–water partition coefficient (Wildman–Crippen LogP) is 4.49. The van der Waals surface area contributed by atoms with Gasteiger partial charge >= 0.3 is 0 Å². The van der Waals surface area contributed by atoms with Gasteiger partial charge in [-0.3, -0.25) is 14.7 Å². The van der Waals surface area contributed by atoms with E-state index in [1.54, 1.807) is 12.4 Å². The molecule has 0 aliphatic carbocycles. The molecule has 1 fully saturated rings. The number of carbonyl (C=O) groups is 1. The van der Waals surface area contributed by atoms with E-state index in [0.29, 0.717) is 11.5 Å². The highest BCUT2D eigenvalue weighted by Crippen LogP contribution is 2.24. The van der Waals surface area contributed by atoms with Crippen LogP contribution < -0.4 is 10.1 Å². The van der Waals surface area contributed by atoms with E-state index in [2.05, 4.69) is 35.1 Å². The summed E-state index contributed by atoms with van der Waals surface area (Å²) in [4.78, 5) is 19.0. The number of benzene rings is 1. The van der Waals surface area contributed by atoms with E-state index in [4.69, 9.17) is 4.74 Å². The molecule has 0 atom stereocenters. The van der Waals surface area contributed by atoms with Crippen molar-refractivity contribution in [2.24, 2.45) is 5.92 Å². The van der Waals surface area contributed by atoms with Gasteiger partial charge < -0.3 is 10.1 Å². The summed E-state index contributed by atoms with van der Waals surface area (Å²) in [6, 6.07) is 11.1. The highest BCUT2D eigenvalue weighted by Gasteiger charge is 2.24. The van der Waals surface area contributed by atoms with Crippen molar-refractivity contribution in [2.75, 3.05) is 25.0 Å². The van der Waals surface area contributed by atoms with Gasteiger partial charge in [0.15, 0.2) is 0 Å². The number of piperidine rings is 1. The Bertz CT molecular complexity index is 764. The maximum Gasteiger partial charge on any atom is 0.227 e. The van der Waals surface area contributed by atoms with E-state index < -0.39 is 0 Å². The molecule has 0 unspecified atom stereocenters. The van der Waals surface area contributed by atoms with Crippen molar-refractivity contribution in [1.82, 2.24) is 9.88 Å². The maximum atomic E-state index is 12.5. The normalized spacial score (nSPS) is 16.1. The number of allylic oxidation sites excluding steroid dienone is 1. The first-order valence-corrected chi connectivity index (χ1v) is 9.47. The number of likely N-dealkylation sites (tertiary alicyclic amines) is 1. The molecule has 1 saturated heterocycles. The number of anilines is 1. The van der Waals surface area contributed by atoms with Crippen molar-refractivity contribution >= 4 is 11.6 Å². The number of aromatic nitrogens is 1. The number of hydrogen-bond donors (Lipinski definition) is 1. The van der Waals surface area contributed by atoms with Gasteiger partial charge in [0.2, 0.25) is 5.91 Å². The zero-order chi connectivity index (χ0) is 19.1. The lowest BCUT2D eigenvalue weighted by Crippen LogP contribution is -2.38. The highest BCUT2D eigenvalue weighted by molar-refractivity contribution is 5.92. The van der Waals surface area contributed by atoms with Gasteiger partial charge in [-0.1, -0.05) is 11.6 Å². The lowest BCUT2D eigenvalue weighted by molar-refractivity contribution is -0.121. The number of ether oxygens (including phenoxy) is 1. The second-order valence-electron chi connectivity index (χ2n) is 6.99. The number of pyridine rings is 1. The van der Waals surface area contributed by atoms with Gasteiger partial charge in [0.25, 0.3) is 0 Å². The molecule has 2 aromatic rings. The van der Waals surface area contributed by atoms with Crippen molar-refractivity contribution in [1.29, 1.82) is 0 Å². The topological polar surface area (TPSA) is 54.5 Å². The van der Waals surface area contributed by atoms with Crippen LogP contribution >= 0.6 is 0 Å². The average Bonchev–Trinajstić information content (AvgIpc) is 2.70. The van der Waals surface area contributed by atoms with Crippen LogP contribution in [-0.4, -0.2) is 35.4 Å². The summed E-state index contributed by atoms with van der Waals surface area (Å²) in [5.74, 6) is 1.60. The molecular formula is C22H27N3O2. The molecule has 1 aliphatic heterocycles. The summed E-state index contributed by atoms with van der Waals surface area (Å²) in [6.45, 7) is 7.18. The number of rotatable bonds is 6. The van der Waals surface area contributed by atoms with Gasteiger partial charge in [0, 0.05) is 24.3 Å². The molecule has 27 heavy (non-hydrogen) atoms. The summed E-state index contributed by atoms with van der Waals surface area (Å²) in [6.07, 6.45) is 7.34.